The van der Waals surface area contributed by atoms with Gasteiger partial charge in [-0.1, -0.05) is 19.1 Å². The Morgan fingerprint density at radius 3 is 2.63 bits per heavy atom. The van der Waals surface area contributed by atoms with E-state index >= 15 is 0 Å². The van der Waals surface area contributed by atoms with Crippen LogP contribution < -0.4 is 10.6 Å². The number of imidazole rings is 1. The van der Waals surface area contributed by atoms with Gasteiger partial charge in [-0.25, -0.2) is 19.7 Å². The summed E-state index contributed by atoms with van der Waals surface area (Å²) in [4.78, 5) is 27.3. The number of carbonyl (C=O) groups excluding carboxylic acids is 1. The highest BCUT2D eigenvalue weighted by Gasteiger charge is 2.26. The molecule has 3 aromatic heterocycles. The molecule has 1 amide bonds. The minimum absolute atomic E-state index is 0.355. The van der Waals surface area contributed by atoms with Crippen LogP contribution in [0.3, 0.4) is 0 Å². The van der Waals surface area contributed by atoms with E-state index in [-0.39, 0.29) is 0 Å². The fourth-order valence-corrected chi connectivity index (χ4v) is 3.61. The Kier molecular flexibility index (Phi) is 4.31. The number of cyclic esters (lactones) is 1. The molecule has 0 bridgehead atoms. The van der Waals surface area contributed by atoms with E-state index in [0.717, 1.165) is 17.7 Å². The smallest absolute Gasteiger partial charge is 0.415 e. The number of amides is 1. The van der Waals surface area contributed by atoms with Crippen molar-refractivity contribution in [2.45, 2.75) is 13.3 Å². The van der Waals surface area contributed by atoms with Crippen LogP contribution in [0.15, 0.2) is 54.7 Å². The number of hydrogen-bond donors (Lipinski definition) is 1. The van der Waals surface area contributed by atoms with Gasteiger partial charge in [0.1, 0.15) is 23.8 Å². The maximum Gasteiger partial charge on any atom is 0.415 e. The first-order chi connectivity index (χ1) is 14.7. The fourth-order valence-electron chi connectivity index (χ4n) is 3.61. The molecule has 8 nitrogen and oxygen atoms in total. The number of rotatable bonds is 4. The van der Waals surface area contributed by atoms with Crippen LogP contribution >= 0.6 is 0 Å². The fraction of sp³-hybridized carbons (Fsp3) is 0.182. The summed E-state index contributed by atoms with van der Waals surface area (Å²) in [6, 6.07) is 15.6. The summed E-state index contributed by atoms with van der Waals surface area (Å²) in [5.41, 5.74) is 10.4. The number of nitrogens with zero attached hydrogens (tertiary/aromatic N) is 5. The predicted octanol–water partition coefficient (Wildman–Crippen LogP) is 3.58. The number of ether oxygens (including phenoxy) is 1. The molecule has 1 aromatic carbocycles. The van der Waals surface area contributed by atoms with Crippen molar-refractivity contribution in [1.82, 2.24) is 19.5 Å². The minimum Gasteiger partial charge on any atom is -0.447 e. The maximum absolute atomic E-state index is 12.0. The molecule has 2 N–H and O–H groups in total. The molecule has 1 saturated heterocycles. The zero-order valence-electron chi connectivity index (χ0n) is 16.4. The van der Waals surface area contributed by atoms with Crippen molar-refractivity contribution in [2.24, 2.45) is 0 Å². The van der Waals surface area contributed by atoms with Crippen molar-refractivity contribution in [3.8, 4) is 17.1 Å². The summed E-state index contributed by atoms with van der Waals surface area (Å²) in [6.07, 6.45) is 2.21. The van der Waals surface area contributed by atoms with Gasteiger partial charge in [-0.2, -0.15) is 0 Å². The number of nitrogen functional groups attached to an aromatic ring is 1. The summed E-state index contributed by atoms with van der Waals surface area (Å²) in [5, 5.41) is 0. The second kappa shape index (κ2) is 7.14. The Balaban J connectivity index is 1.76. The van der Waals surface area contributed by atoms with Crippen molar-refractivity contribution in [3.63, 3.8) is 0 Å². The molecule has 150 valence electrons. The molecule has 0 unspecified atom stereocenters. The molecule has 5 rings (SSSR count). The number of aryl methyl sites for hydroxylation is 1. The number of pyridine rings is 2. The number of nitrogens with two attached hydrogens (primary N) is 1. The van der Waals surface area contributed by atoms with Crippen LogP contribution in [0.4, 0.5) is 16.4 Å². The first kappa shape index (κ1) is 18.1. The lowest BCUT2D eigenvalue weighted by Gasteiger charge is -2.13. The largest absolute Gasteiger partial charge is 0.447 e. The first-order valence-electron chi connectivity index (χ1n) is 9.79. The lowest BCUT2D eigenvalue weighted by Crippen LogP contribution is -2.24. The Labute approximate surface area is 172 Å². The highest BCUT2D eigenvalue weighted by Crippen LogP contribution is 2.31. The number of hydrogen-bond acceptors (Lipinski definition) is 6. The second-order valence-corrected chi connectivity index (χ2v) is 7.01. The van der Waals surface area contributed by atoms with E-state index in [4.69, 9.17) is 20.4 Å². The van der Waals surface area contributed by atoms with Gasteiger partial charge in [0.2, 0.25) is 0 Å². The second-order valence-electron chi connectivity index (χ2n) is 7.01. The van der Waals surface area contributed by atoms with Gasteiger partial charge in [0, 0.05) is 11.9 Å². The molecule has 1 aliphatic heterocycles. The van der Waals surface area contributed by atoms with E-state index < -0.39 is 6.09 Å². The summed E-state index contributed by atoms with van der Waals surface area (Å²) >= 11 is 0. The van der Waals surface area contributed by atoms with E-state index in [0.29, 0.717) is 41.8 Å². The summed E-state index contributed by atoms with van der Waals surface area (Å²) in [5.74, 6) is 1.57. The molecule has 8 heteroatoms. The van der Waals surface area contributed by atoms with Crippen LogP contribution in [0.2, 0.25) is 0 Å². The number of fused-ring (bicyclic) bond motifs is 1. The number of anilines is 2. The molecule has 0 spiro atoms. The van der Waals surface area contributed by atoms with Crippen molar-refractivity contribution in [3.05, 3.63) is 60.3 Å². The first-order valence-corrected chi connectivity index (χ1v) is 9.79. The Bertz CT molecular complexity index is 1250. The topological polar surface area (TPSA) is 99.2 Å². The van der Waals surface area contributed by atoms with E-state index in [1.165, 1.54) is 10.5 Å². The normalized spacial score (nSPS) is 13.8. The quantitative estimate of drug-likeness (QED) is 0.562. The zero-order chi connectivity index (χ0) is 20.7. The molecule has 1 aliphatic rings. The highest BCUT2D eigenvalue weighted by atomic mass is 16.6. The molecule has 0 aliphatic carbocycles. The lowest BCUT2D eigenvalue weighted by atomic mass is 10.1. The standard InChI is InChI=1S/C22H20N6O2/c1-2-14-5-7-15(8-6-14)28-20(16-4-3-11-24-19(16)23)25-17-9-10-18(26-21(17)28)27-12-13-30-22(27)29/h3-11H,2,12-13H2,1H3,(H2,23,24). The third-order valence-corrected chi connectivity index (χ3v) is 5.21. The molecule has 4 heterocycles. The lowest BCUT2D eigenvalue weighted by molar-refractivity contribution is 0.181. The van der Waals surface area contributed by atoms with Gasteiger partial charge in [0.15, 0.2) is 11.5 Å². The van der Waals surface area contributed by atoms with Gasteiger partial charge < -0.3 is 10.5 Å². The average Bonchev–Trinajstić information content (AvgIpc) is 3.37. The van der Waals surface area contributed by atoms with Crippen LogP contribution in [0.5, 0.6) is 0 Å². The maximum atomic E-state index is 12.0. The van der Waals surface area contributed by atoms with E-state index in [2.05, 4.69) is 24.0 Å². The molecule has 0 radical (unpaired) electrons. The Morgan fingerprint density at radius 2 is 1.93 bits per heavy atom. The van der Waals surface area contributed by atoms with Gasteiger partial charge >= 0.3 is 6.09 Å². The van der Waals surface area contributed by atoms with Crippen LogP contribution in [-0.2, 0) is 11.2 Å². The molecule has 30 heavy (non-hydrogen) atoms. The number of aromatic nitrogens is 4. The van der Waals surface area contributed by atoms with Crippen molar-refractivity contribution in [1.29, 1.82) is 0 Å². The summed E-state index contributed by atoms with van der Waals surface area (Å²) in [6.45, 7) is 2.94. The van der Waals surface area contributed by atoms with Crippen molar-refractivity contribution >= 4 is 28.9 Å². The van der Waals surface area contributed by atoms with Crippen molar-refractivity contribution < 1.29 is 9.53 Å². The van der Waals surface area contributed by atoms with Crippen LogP contribution in [-0.4, -0.2) is 38.8 Å². The Hall–Kier alpha value is -3.94. The van der Waals surface area contributed by atoms with E-state index in [1.807, 2.05) is 34.9 Å². The van der Waals surface area contributed by atoms with Crippen molar-refractivity contribution in [2.75, 3.05) is 23.8 Å². The summed E-state index contributed by atoms with van der Waals surface area (Å²) in [7, 11) is 0. The molecular weight excluding hydrogens is 380 g/mol. The van der Waals surface area contributed by atoms with Crippen LogP contribution in [0.25, 0.3) is 28.2 Å². The zero-order valence-corrected chi connectivity index (χ0v) is 16.4. The number of benzene rings is 1. The summed E-state index contributed by atoms with van der Waals surface area (Å²) < 4.78 is 7.01. The van der Waals surface area contributed by atoms with Crippen LogP contribution in [0.1, 0.15) is 12.5 Å². The molecule has 0 atom stereocenters. The van der Waals surface area contributed by atoms with Gasteiger partial charge in [0.25, 0.3) is 0 Å². The van der Waals surface area contributed by atoms with E-state index in [9.17, 15) is 4.79 Å². The van der Waals surface area contributed by atoms with Gasteiger partial charge in [-0.3, -0.25) is 9.47 Å². The predicted molar refractivity (Wildman–Crippen MR) is 115 cm³/mol. The monoisotopic (exact) mass is 400 g/mol. The van der Waals surface area contributed by atoms with Gasteiger partial charge in [-0.05, 0) is 48.4 Å². The van der Waals surface area contributed by atoms with Crippen LogP contribution in [0, 0.1) is 0 Å². The third-order valence-electron chi connectivity index (χ3n) is 5.21. The van der Waals surface area contributed by atoms with Gasteiger partial charge in [-0.15, -0.1) is 0 Å². The molecule has 1 fully saturated rings. The molecular formula is C22H20N6O2. The molecule has 0 saturated carbocycles. The SMILES string of the molecule is CCc1ccc(-n2c(-c3cccnc3N)nc3ccc(N4CCOC4=O)nc32)cc1. The Morgan fingerprint density at radius 1 is 1.10 bits per heavy atom. The third kappa shape index (κ3) is 2.93. The van der Waals surface area contributed by atoms with E-state index in [1.54, 1.807) is 12.3 Å². The highest BCUT2D eigenvalue weighted by molar-refractivity contribution is 5.90. The number of carbonyl (C=O) groups is 1. The molecule has 4 aromatic rings. The minimum atomic E-state index is -0.392. The van der Waals surface area contributed by atoms with Gasteiger partial charge in [0.05, 0.1) is 12.1 Å². The average molecular weight is 400 g/mol.